The molecule has 0 fully saturated rings. The van der Waals surface area contributed by atoms with Gasteiger partial charge >= 0.3 is 0 Å². The molecule has 21 heavy (non-hydrogen) atoms. The lowest BCUT2D eigenvalue weighted by Gasteiger charge is -2.21. The average molecular weight is 282 g/mol. The molecule has 0 bridgehead atoms. The highest BCUT2D eigenvalue weighted by Crippen LogP contribution is 2.29. The molecule has 3 nitrogen and oxygen atoms in total. The predicted molar refractivity (Wildman–Crippen MR) is 85.6 cm³/mol. The van der Waals surface area contributed by atoms with E-state index in [9.17, 15) is 0 Å². The van der Waals surface area contributed by atoms with Gasteiger partial charge in [-0.1, -0.05) is 36.4 Å². The van der Waals surface area contributed by atoms with E-state index in [0.717, 1.165) is 37.7 Å². The van der Waals surface area contributed by atoms with Crippen LogP contribution in [0.25, 0.3) is 0 Å². The number of likely N-dealkylation sites (N-methyl/N-ethyl adjacent to an activating group) is 2. The number of hydrogen-bond donors (Lipinski definition) is 0. The molecule has 1 aliphatic rings. The quantitative estimate of drug-likeness (QED) is 0.737. The SMILES string of the molecule is CN1CCN(C)Cc2ccccc2Oc2ccccc2C1. The number of hydrogen-bond acceptors (Lipinski definition) is 3. The zero-order valence-corrected chi connectivity index (χ0v) is 12.7. The molecule has 1 heterocycles. The highest BCUT2D eigenvalue weighted by molar-refractivity contribution is 5.41. The second-order valence-electron chi connectivity index (χ2n) is 5.79. The first-order chi connectivity index (χ1) is 10.2. The normalized spacial score (nSPS) is 17.2. The van der Waals surface area contributed by atoms with Crippen molar-refractivity contribution in [1.29, 1.82) is 0 Å². The Bertz CT molecular complexity index is 558. The first-order valence-corrected chi connectivity index (χ1v) is 7.43. The summed E-state index contributed by atoms with van der Waals surface area (Å²) < 4.78 is 6.22. The molecule has 0 saturated heterocycles. The first kappa shape index (κ1) is 14.1. The molecule has 0 aliphatic carbocycles. The molecule has 2 aromatic rings. The number of ether oxygens (including phenoxy) is 1. The van der Waals surface area contributed by atoms with Crippen LogP contribution in [0.4, 0.5) is 0 Å². The first-order valence-electron chi connectivity index (χ1n) is 7.43. The Morgan fingerprint density at radius 1 is 0.714 bits per heavy atom. The number of para-hydroxylation sites is 2. The highest BCUT2D eigenvalue weighted by atomic mass is 16.5. The lowest BCUT2D eigenvalue weighted by Crippen LogP contribution is -2.30. The minimum absolute atomic E-state index is 0.909. The van der Waals surface area contributed by atoms with Gasteiger partial charge in [-0.25, -0.2) is 0 Å². The molecule has 0 amide bonds. The third-order valence-corrected chi connectivity index (χ3v) is 3.91. The Labute approximate surface area is 126 Å². The van der Waals surface area contributed by atoms with Gasteiger partial charge in [0, 0.05) is 37.3 Å². The zero-order chi connectivity index (χ0) is 14.7. The van der Waals surface area contributed by atoms with Crippen LogP contribution in [0, 0.1) is 0 Å². The molecular formula is C18H22N2O. The van der Waals surface area contributed by atoms with Crippen LogP contribution in [0.15, 0.2) is 48.5 Å². The zero-order valence-electron chi connectivity index (χ0n) is 12.7. The van der Waals surface area contributed by atoms with Crippen molar-refractivity contribution in [2.45, 2.75) is 13.1 Å². The lowest BCUT2D eigenvalue weighted by molar-refractivity contribution is 0.248. The molecule has 2 aromatic carbocycles. The summed E-state index contributed by atoms with van der Waals surface area (Å²) in [5.74, 6) is 1.92. The van der Waals surface area contributed by atoms with Crippen LogP contribution in [-0.4, -0.2) is 37.0 Å². The van der Waals surface area contributed by atoms with Crippen molar-refractivity contribution < 1.29 is 4.74 Å². The monoisotopic (exact) mass is 282 g/mol. The summed E-state index contributed by atoms with van der Waals surface area (Å²) in [6.07, 6.45) is 0. The summed E-state index contributed by atoms with van der Waals surface area (Å²) in [6, 6.07) is 16.6. The minimum atomic E-state index is 0.909. The maximum Gasteiger partial charge on any atom is 0.131 e. The largest absolute Gasteiger partial charge is 0.457 e. The Morgan fingerprint density at radius 2 is 1.14 bits per heavy atom. The van der Waals surface area contributed by atoms with Gasteiger partial charge in [0.2, 0.25) is 0 Å². The predicted octanol–water partition coefficient (Wildman–Crippen LogP) is 3.36. The molecule has 0 N–H and O–H groups in total. The van der Waals surface area contributed by atoms with Crippen LogP contribution >= 0.6 is 0 Å². The van der Waals surface area contributed by atoms with Crippen LogP contribution in [0.1, 0.15) is 11.1 Å². The van der Waals surface area contributed by atoms with Gasteiger partial charge in [0.25, 0.3) is 0 Å². The second-order valence-corrected chi connectivity index (χ2v) is 5.79. The van der Waals surface area contributed by atoms with Gasteiger partial charge in [-0.2, -0.15) is 0 Å². The number of nitrogens with zero attached hydrogens (tertiary/aromatic N) is 2. The third-order valence-electron chi connectivity index (χ3n) is 3.91. The van der Waals surface area contributed by atoms with Crippen molar-refractivity contribution in [2.24, 2.45) is 0 Å². The van der Waals surface area contributed by atoms with E-state index in [2.05, 4.69) is 60.3 Å². The molecule has 0 radical (unpaired) electrons. The van der Waals surface area contributed by atoms with Gasteiger partial charge < -0.3 is 14.5 Å². The van der Waals surface area contributed by atoms with E-state index >= 15 is 0 Å². The third kappa shape index (κ3) is 3.43. The fraction of sp³-hybridized carbons (Fsp3) is 0.333. The summed E-state index contributed by atoms with van der Waals surface area (Å²) in [6.45, 7) is 3.92. The Morgan fingerprint density at radius 3 is 1.62 bits per heavy atom. The van der Waals surface area contributed by atoms with E-state index in [4.69, 9.17) is 4.74 Å². The number of fused-ring (bicyclic) bond motifs is 2. The van der Waals surface area contributed by atoms with E-state index in [1.807, 2.05) is 12.1 Å². The number of benzene rings is 2. The second kappa shape index (κ2) is 6.29. The molecule has 0 unspecified atom stereocenters. The van der Waals surface area contributed by atoms with Gasteiger partial charge in [0.15, 0.2) is 0 Å². The van der Waals surface area contributed by atoms with Gasteiger partial charge in [-0.05, 0) is 26.2 Å². The summed E-state index contributed by atoms with van der Waals surface area (Å²) >= 11 is 0. The van der Waals surface area contributed by atoms with E-state index in [0.29, 0.717) is 0 Å². The highest BCUT2D eigenvalue weighted by Gasteiger charge is 2.13. The maximum atomic E-state index is 6.22. The average Bonchev–Trinajstić information content (AvgIpc) is 2.50. The molecule has 0 saturated carbocycles. The molecule has 110 valence electrons. The van der Waals surface area contributed by atoms with Gasteiger partial charge in [-0.3, -0.25) is 0 Å². The minimum Gasteiger partial charge on any atom is -0.457 e. The van der Waals surface area contributed by atoms with Crippen molar-refractivity contribution >= 4 is 0 Å². The summed E-state index contributed by atoms with van der Waals surface area (Å²) in [4.78, 5) is 4.68. The topological polar surface area (TPSA) is 15.7 Å². The van der Waals surface area contributed by atoms with Crippen molar-refractivity contribution in [3.63, 3.8) is 0 Å². The molecule has 3 rings (SSSR count). The molecule has 0 spiro atoms. The van der Waals surface area contributed by atoms with Crippen molar-refractivity contribution in [2.75, 3.05) is 27.2 Å². The van der Waals surface area contributed by atoms with Gasteiger partial charge in [0.1, 0.15) is 11.5 Å². The van der Waals surface area contributed by atoms with E-state index in [1.54, 1.807) is 0 Å². The van der Waals surface area contributed by atoms with Crippen LogP contribution in [-0.2, 0) is 13.1 Å². The number of rotatable bonds is 0. The van der Waals surface area contributed by atoms with Crippen molar-refractivity contribution in [3.05, 3.63) is 59.7 Å². The van der Waals surface area contributed by atoms with E-state index in [-0.39, 0.29) is 0 Å². The lowest BCUT2D eigenvalue weighted by atomic mass is 10.1. The van der Waals surface area contributed by atoms with Crippen LogP contribution in [0.5, 0.6) is 11.5 Å². The summed E-state index contributed by atoms with van der Waals surface area (Å²) in [5, 5.41) is 0. The van der Waals surface area contributed by atoms with Crippen LogP contribution < -0.4 is 4.74 Å². The molecule has 3 heteroatoms. The Kier molecular flexibility index (Phi) is 4.23. The fourth-order valence-corrected chi connectivity index (χ4v) is 2.67. The summed E-state index contributed by atoms with van der Waals surface area (Å²) in [5.41, 5.74) is 2.47. The molecule has 1 aliphatic heterocycles. The Hall–Kier alpha value is -1.84. The van der Waals surface area contributed by atoms with Crippen molar-refractivity contribution in [3.8, 4) is 11.5 Å². The van der Waals surface area contributed by atoms with Gasteiger partial charge in [-0.15, -0.1) is 0 Å². The summed E-state index contributed by atoms with van der Waals surface area (Å²) in [7, 11) is 4.32. The standard InChI is InChI=1S/C18H22N2O/c1-19-11-12-20(2)14-16-8-4-6-10-18(16)21-17-9-5-3-7-15(17)13-19/h3-10H,11-14H2,1-2H3. The van der Waals surface area contributed by atoms with E-state index in [1.165, 1.54) is 11.1 Å². The molecular weight excluding hydrogens is 260 g/mol. The smallest absolute Gasteiger partial charge is 0.131 e. The molecule has 0 aromatic heterocycles. The van der Waals surface area contributed by atoms with Crippen molar-refractivity contribution in [1.82, 2.24) is 9.80 Å². The van der Waals surface area contributed by atoms with Crippen LogP contribution in [0.2, 0.25) is 0 Å². The fourth-order valence-electron chi connectivity index (χ4n) is 2.67. The molecule has 0 atom stereocenters. The van der Waals surface area contributed by atoms with Gasteiger partial charge in [0.05, 0.1) is 0 Å². The Balaban J connectivity index is 2.00. The maximum absolute atomic E-state index is 6.22. The van der Waals surface area contributed by atoms with E-state index < -0.39 is 0 Å². The van der Waals surface area contributed by atoms with Crippen LogP contribution in [0.3, 0.4) is 0 Å².